The molecule has 2 aromatic rings. The molecule has 0 fully saturated rings. The number of fused-ring (bicyclic) bond motifs is 1. The maximum atomic E-state index is 12.0. The summed E-state index contributed by atoms with van der Waals surface area (Å²) in [5.41, 5.74) is 0.686. The zero-order chi connectivity index (χ0) is 15.5. The lowest BCUT2D eigenvalue weighted by molar-refractivity contribution is 0.341. The van der Waals surface area contributed by atoms with Crippen molar-refractivity contribution in [3.63, 3.8) is 0 Å². The molecule has 0 saturated heterocycles. The van der Waals surface area contributed by atoms with Crippen molar-refractivity contribution < 1.29 is 13.2 Å². The number of sulfonamides is 1. The van der Waals surface area contributed by atoms with Gasteiger partial charge in [0.05, 0.1) is 22.9 Å². The van der Waals surface area contributed by atoms with Crippen LogP contribution in [0.5, 0.6) is 5.75 Å². The van der Waals surface area contributed by atoms with Gasteiger partial charge in [0.2, 0.25) is 0 Å². The first-order valence-corrected chi connectivity index (χ1v) is 8.81. The molecule has 0 spiro atoms. The van der Waals surface area contributed by atoms with E-state index in [1.54, 1.807) is 25.1 Å². The highest BCUT2D eigenvalue weighted by Gasteiger charge is 2.24. The number of thiazole rings is 1. The summed E-state index contributed by atoms with van der Waals surface area (Å²) in [6, 6.07) is 7.15. The minimum Gasteiger partial charge on any atom is -0.494 e. The first kappa shape index (κ1) is 15.5. The van der Waals surface area contributed by atoms with Crippen LogP contribution in [0.3, 0.4) is 0 Å². The van der Waals surface area contributed by atoms with E-state index in [9.17, 15) is 8.42 Å². The number of ether oxygens (including phenoxy) is 1. The highest BCUT2D eigenvalue weighted by atomic mass is 32.2. The quantitative estimate of drug-likeness (QED) is 0.881. The Balaban J connectivity index is 2.30. The Labute approximate surface area is 127 Å². The molecule has 8 heteroatoms. The molecule has 0 aliphatic carbocycles. The standard InChI is InChI=1S/C13H15N3O3S2/c1-3-10(8-14)21(17,18)16-13-15-11-6-5-9(19-4-2)7-12(11)20-13/h5-7,10H,3-4H2,1-2H3,(H,15,16). The SMILES string of the molecule is CCOc1ccc2nc(NS(=O)(=O)C(C#N)CC)sc2c1. The highest BCUT2D eigenvalue weighted by molar-refractivity contribution is 7.93. The van der Waals surface area contributed by atoms with Gasteiger partial charge < -0.3 is 4.74 Å². The van der Waals surface area contributed by atoms with E-state index >= 15 is 0 Å². The van der Waals surface area contributed by atoms with Crippen LogP contribution < -0.4 is 9.46 Å². The molecule has 6 nitrogen and oxygen atoms in total. The van der Waals surface area contributed by atoms with Gasteiger partial charge in [-0.2, -0.15) is 5.26 Å². The third kappa shape index (κ3) is 3.43. The van der Waals surface area contributed by atoms with Gasteiger partial charge in [0.1, 0.15) is 5.75 Å². The molecule has 2 rings (SSSR count). The number of hydrogen-bond acceptors (Lipinski definition) is 6. The van der Waals surface area contributed by atoms with E-state index in [4.69, 9.17) is 10.00 Å². The van der Waals surface area contributed by atoms with Gasteiger partial charge in [0.15, 0.2) is 10.4 Å². The van der Waals surface area contributed by atoms with Gasteiger partial charge in [-0.15, -0.1) is 0 Å². The molecule has 1 aromatic heterocycles. The summed E-state index contributed by atoms with van der Waals surface area (Å²) in [6.45, 7) is 4.10. The lowest BCUT2D eigenvalue weighted by Gasteiger charge is -2.07. The second kappa shape index (κ2) is 6.28. The lowest BCUT2D eigenvalue weighted by atomic mass is 10.3. The largest absolute Gasteiger partial charge is 0.494 e. The third-order valence-electron chi connectivity index (χ3n) is 2.79. The van der Waals surface area contributed by atoms with Crippen molar-refractivity contribution in [1.29, 1.82) is 5.26 Å². The molecule has 21 heavy (non-hydrogen) atoms. The molecule has 0 radical (unpaired) electrons. The average molecular weight is 325 g/mol. The van der Waals surface area contributed by atoms with Gasteiger partial charge in [-0.3, -0.25) is 4.72 Å². The molecular weight excluding hydrogens is 310 g/mol. The van der Waals surface area contributed by atoms with Crippen LogP contribution in [0.25, 0.3) is 10.2 Å². The van der Waals surface area contributed by atoms with Crippen molar-refractivity contribution in [2.45, 2.75) is 25.5 Å². The van der Waals surface area contributed by atoms with Crippen molar-refractivity contribution in [3.05, 3.63) is 18.2 Å². The summed E-state index contributed by atoms with van der Waals surface area (Å²) in [7, 11) is -3.74. The molecule has 0 aliphatic heterocycles. The van der Waals surface area contributed by atoms with E-state index in [0.717, 1.165) is 4.70 Å². The summed E-state index contributed by atoms with van der Waals surface area (Å²) >= 11 is 1.21. The monoisotopic (exact) mass is 325 g/mol. The second-order valence-corrected chi connectivity index (χ2v) is 7.15. The molecular formula is C13H15N3O3S2. The minimum absolute atomic E-state index is 0.227. The number of benzene rings is 1. The topological polar surface area (TPSA) is 92.1 Å². The van der Waals surface area contributed by atoms with Crippen LogP contribution in [0.15, 0.2) is 18.2 Å². The van der Waals surface area contributed by atoms with Gasteiger partial charge in [-0.05, 0) is 31.5 Å². The molecule has 1 aromatic carbocycles. The second-order valence-electron chi connectivity index (χ2n) is 4.25. The Morgan fingerprint density at radius 1 is 1.48 bits per heavy atom. The van der Waals surface area contributed by atoms with Crippen molar-refractivity contribution in [2.24, 2.45) is 0 Å². The predicted molar refractivity (Wildman–Crippen MR) is 83.0 cm³/mol. The van der Waals surface area contributed by atoms with Gasteiger partial charge in [0.25, 0.3) is 10.0 Å². The van der Waals surface area contributed by atoms with Crippen molar-refractivity contribution >= 4 is 36.7 Å². The number of anilines is 1. The van der Waals surface area contributed by atoms with Gasteiger partial charge >= 0.3 is 0 Å². The maximum Gasteiger partial charge on any atom is 0.250 e. The van der Waals surface area contributed by atoms with E-state index < -0.39 is 15.3 Å². The molecule has 0 saturated carbocycles. The lowest BCUT2D eigenvalue weighted by Crippen LogP contribution is -2.25. The van der Waals surface area contributed by atoms with Gasteiger partial charge in [-0.1, -0.05) is 18.3 Å². The van der Waals surface area contributed by atoms with Crippen LogP contribution in [0.2, 0.25) is 0 Å². The summed E-state index contributed by atoms with van der Waals surface area (Å²) in [4.78, 5) is 4.21. The summed E-state index contributed by atoms with van der Waals surface area (Å²) in [5, 5.41) is 8.05. The Kier molecular flexibility index (Phi) is 4.65. The number of hydrogen-bond donors (Lipinski definition) is 1. The Morgan fingerprint density at radius 3 is 2.86 bits per heavy atom. The first-order valence-electron chi connectivity index (χ1n) is 6.44. The Bertz CT molecular complexity index is 778. The van der Waals surface area contributed by atoms with Crippen LogP contribution >= 0.6 is 11.3 Å². The van der Waals surface area contributed by atoms with Crippen LogP contribution in [0, 0.1) is 11.3 Å². The van der Waals surface area contributed by atoms with E-state index in [1.807, 2.05) is 13.0 Å². The summed E-state index contributed by atoms with van der Waals surface area (Å²) in [6.07, 6.45) is 0.227. The average Bonchev–Trinajstić information content (AvgIpc) is 2.80. The molecule has 112 valence electrons. The summed E-state index contributed by atoms with van der Waals surface area (Å²) in [5.74, 6) is 0.714. The maximum absolute atomic E-state index is 12.0. The normalized spacial score (nSPS) is 12.8. The number of nitriles is 1. The van der Waals surface area contributed by atoms with Gasteiger partial charge in [-0.25, -0.2) is 13.4 Å². The zero-order valence-electron chi connectivity index (χ0n) is 11.7. The van der Waals surface area contributed by atoms with Crippen molar-refractivity contribution in [1.82, 2.24) is 4.98 Å². The Hall–Kier alpha value is -1.85. The molecule has 0 bridgehead atoms. The van der Waals surface area contributed by atoms with Crippen LogP contribution in [-0.4, -0.2) is 25.3 Å². The molecule has 1 heterocycles. The highest BCUT2D eigenvalue weighted by Crippen LogP contribution is 2.30. The zero-order valence-corrected chi connectivity index (χ0v) is 13.3. The molecule has 0 aliphatic rings. The number of rotatable bonds is 6. The predicted octanol–water partition coefficient (Wildman–Crippen LogP) is 2.74. The fourth-order valence-corrected chi connectivity index (χ4v) is 4.05. The third-order valence-corrected chi connectivity index (χ3v) is 5.52. The van der Waals surface area contributed by atoms with Crippen molar-refractivity contribution in [2.75, 3.05) is 11.3 Å². The molecule has 1 atom stereocenters. The van der Waals surface area contributed by atoms with Crippen LogP contribution in [-0.2, 0) is 10.0 Å². The van der Waals surface area contributed by atoms with Crippen LogP contribution in [0.4, 0.5) is 5.13 Å². The summed E-state index contributed by atoms with van der Waals surface area (Å²) < 4.78 is 32.6. The number of aromatic nitrogens is 1. The van der Waals surface area contributed by atoms with Crippen LogP contribution in [0.1, 0.15) is 20.3 Å². The minimum atomic E-state index is -3.74. The van der Waals surface area contributed by atoms with Crippen molar-refractivity contribution in [3.8, 4) is 11.8 Å². The van der Waals surface area contributed by atoms with E-state index in [1.165, 1.54) is 11.3 Å². The number of nitrogens with one attached hydrogen (secondary N) is 1. The Morgan fingerprint density at radius 2 is 2.24 bits per heavy atom. The smallest absolute Gasteiger partial charge is 0.250 e. The first-order chi connectivity index (χ1) is 10.00. The molecule has 0 amide bonds. The van der Waals surface area contributed by atoms with Gasteiger partial charge in [0, 0.05) is 0 Å². The molecule has 1 unspecified atom stereocenters. The van der Waals surface area contributed by atoms with E-state index in [-0.39, 0.29) is 11.6 Å². The molecule has 1 N–H and O–H groups in total. The van der Waals surface area contributed by atoms with E-state index in [2.05, 4.69) is 9.71 Å². The van der Waals surface area contributed by atoms with E-state index in [0.29, 0.717) is 17.9 Å². The fourth-order valence-electron chi connectivity index (χ4n) is 1.78. The number of nitrogens with zero attached hydrogens (tertiary/aromatic N) is 2. The fraction of sp³-hybridized carbons (Fsp3) is 0.385.